The van der Waals surface area contributed by atoms with E-state index < -0.39 is 30.5 Å². The topological polar surface area (TPSA) is 94.2 Å². The molecule has 1 fully saturated rings. The highest BCUT2D eigenvalue weighted by Crippen LogP contribution is 2.47. The molecule has 1 heterocycles. The van der Waals surface area contributed by atoms with Crippen LogP contribution in [-0.2, 0) is 39.7 Å². The molecule has 0 saturated carbocycles. The molecule has 1 aliphatic rings. The Labute approximate surface area is 331 Å². The van der Waals surface area contributed by atoms with E-state index >= 15 is 0 Å². The summed E-state index contributed by atoms with van der Waals surface area (Å²) in [6.45, 7) is 13.5. The number of nitrogens with zero attached hydrogens (tertiary/aromatic N) is 1. The van der Waals surface area contributed by atoms with E-state index in [4.69, 9.17) is 49.6 Å². The van der Waals surface area contributed by atoms with Gasteiger partial charge in [0.1, 0.15) is 36.3 Å². The van der Waals surface area contributed by atoms with Crippen LogP contribution < -0.4 is 9.47 Å². The lowest BCUT2D eigenvalue weighted by atomic mass is 9.89. The van der Waals surface area contributed by atoms with Crippen molar-refractivity contribution in [3.8, 4) is 11.5 Å². The van der Waals surface area contributed by atoms with Crippen LogP contribution in [0.1, 0.15) is 109 Å². The summed E-state index contributed by atoms with van der Waals surface area (Å²) in [5, 5.41) is 1.51. The number of rotatable bonds is 26. The van der Waals surface area contributed by atoms with E-state index in [0.29, 0.717) is 61.3 Å². The van der Waals surface area contributed by atoms with Crippen LogP contribution >= 0.6 is 27.5 Å². The van der Waals surface area contributed by atoms with Crippen molar-refractivity contribution < 1.29 is 42.8 Å². The average Bonchev–Trinajstić information content (AvgIpc) is 3.16. The van der Waals surface area contributed by atoms with Gasteiger partial charge < -0.3 is 33.2 Å². The third-order valence-electron chi connectivity index (χ3n) is 9.15. The van der Waals surface area contributed by atoms with Crippen LogP contribution in [0.2, 0.25) is 5.02 Å². The molecule has 2 aromatic rings. The van der Waals surface area contributed by atoms with Gasteiger partial charge in [-0.3, -0.25) is 9.63 Å². The highest BCUT2D eigenvalue weighted by Gasteiger charge is 2.49. The summed E-state index contributed by atoms with van der Waals surface area (Å²) in [5.41, 5.74) is 2.60. The molecule has 1 saturated heterocycles. The first-order valence-corrected chi connectivity index (χ1v) is 20.6. The van der Waals surface area contributed by atoms with Crippen molar-refractivity contribution in [1.29, 1.82) is 0 Å². The molecule has 12 heteroatoms. The summed E-state index contributed by atoms with van der Waals surface area (Å²) < 4.78 is 45.9. The maximum absolute atomic E-state index is 12.8. The third kappa shape index (κ3) is 13.9. The first-order valence-electron chi connectivity index (χ1n) is 19.5. The summed E-state index contributed by atoms with van der Waals surface area (Å²) in [6, 6.07) is 9.99. The van der Waals surface area contributed by atoms with E-state index in [2.05, 4.69) is 49.7 Å². The second kappa shape index (κ2) is 25.2. The Morgan fingerprint density at radius 3 is 2.00 bits per heavy atom. The summed E-state index contributed by atoms with van der Waals surface area (Å²) in [7, 11) is 2.96. The Morgan fingerprint density at radius 2 is 1.42 bits per heavy atom. The number of unbranched alkanes of at least 4 members (excludes halogenated alkanes) is 4. The molecule has 2 aromatic carbocycles. The van der Waals surface area contributed by atoms with Gasteiger partial charge >= 0.3 is 0 Å². The van der Waals surface area contributed by atoms with E-state index in [9.17, 15) is 4.79 Å². The van der Waals surface area contributed by atoms with Crippen molar-refractivity contribution in [3.05, 3.63) is 56.5 Å². The quantitative estimate of drug-likeness (QED) is 0.0680. The molecule has 1 aliphatic heterocycles. The Bertz CT molecular complexity index is 1330. The second-order valence-electron chi connectivity index (χ2n) is 13.3. The molecule has 0 bridgehead atoms. The van der Waals surface area contributed by atoms with Gasteiger partial charge in [0, 0.05) is 39.0 Å². The van der Waals surface area contributed by atoms with E-state index in [1.54, 1.807) is 0 Å². The lowest BCUT2D eigenvalue weighted by molar-refractivity contribution is -0.268. The first kappa shape index (κ1) is 45.4. The van der Waals surface area contributed by atoms with Gasteiger partial charge in [-0.1, -0.05) is 77.1 Å². The van der Waals surface area contributed by atoms with Crippen molar-refractivity contribution >= 4 is 33.4 Å². The molecule has 0 spiro atoms. The lowest BCUT2D eigenvalue weighted by Gasteiger charge is -2.47. The first-order chi connectivity index (χ1) is 25.7. The number of ether oxygens (including phenoxy) is 7. The van der Waals surface area contributed by atoms with Gasteiger partial charge in [0.15, 0.2) is 12.4 Å². The molecule has 53 heavy (non-hydrogen) atoms. The number of likely N-dealkylation sites (N-methyl/N-ethyl adjacent to an activating group) is 1. The molecule has 0 N–H and O–H groups in total. The fourth-order valence-corrected chi connectivity index (χ4v) is 7.01. The summed E-state index contributed by atoms with van der Waals surface area (Å²) in [4.78, 5) is 17.9. The Morgan fingerprint density at radius 1 is 0.830 bits per heavy atom. The zero-order valence-electron chi connectivity index (χ0n) is 33.0. The van der Waals surface area contributed by atoms with Crippen LogP contribution in [0.5, 0.6) is 11.5 Å². The molecule has 5 atom stereocenters. The van der Waals surface area contributed by atoms with Gasteiger partial charge in [0.25, 0.3) is 5.91 Å². The number of halogens is 2. The molecule has 300 valence electrons. The number of carbonyl (C=O) groups is 1. The Hall–Kier alpha value is -1.96. The highest BCUT2D eigenvalue weighted by molar-refractivity contribution is 9.10. The van der Waals surface area contributed by atoms with Crippen molar-refractivity contribution in [1.82, 2.24) is 5.06 Å². The van der Waals surface area contributed by atoms with Crippen LogP contribution in [0, 0.1) is 0 Å². The van der Waals surface area contributed by atoms with Crippen LogP contribution in [0.25, 0.3) is 0 Å². The number of hydroxylamine groups is 2. The third-order valence-corrected chi connectivity index (χ3v) is 10.4. The van der Waals surface area contributed by atoms with Gasteiger partial charge in [-0.05, 0) is 84.3 Å². The van der Waals surface area contributed by atoms with E-state index in [1.165, 1.54) is 14.2 Å². The SMILES string of the molecule is CCCCOC[C@H]1OC(c2cc(Cc3ccc(OCC)cc3)c(Cl)c(OCC(=O)N(C)OC)c2Br)[C@H](OCCCC)[C@@H](OCCCC)[C@@H]1OCCCC. The van der Waals surface area contributed by atoms with Crippen LogP contribution in [0.4, 0.5) is 0 Å². The number of hydrogen-bond donors (Lipinski definition) is 0. The maximum Gasteiger partial charge on any atom is 0.283 e. The Balaban J connectivity index is 2.19. The average molecular weight is 829 g/mol. The molecule has 3 rings (SSSR count). The van der Waals surface area contributed by atoms with E-state index in [-0.39, 0.29) is 12.5 Å². The number of hydrogen-bond acceptors (Lipinski definition) is 9. The van der Waals surface area contributed by atoms with Crippen molar-refractivity contribution in [2.45, 2.75) is 123 Å². The van der Waals surface area contributed by atoms with Crippen LogP contribution in [-0.4, -0.2) is 95.8 Å². The zero-order chi connectivity index (χ0) is 38.6. The van der Waals surface area contributed by atoms with Gasteiger partial charge in [0.05, 0.1) is 29.8 Å². The largest absolute Gasteiger partial charge is 0.494 e. The second-order valence-corrected chi connectivity index (χ2v) is 14.5. The zero-order valence-corrected chi connectivity index (χ0v) is 35.3. The molecule has 10 nitrogen and oxygen atoms in total. The van der Waals surface area contributed by atoms with Gasteiger partial charge in [-0.25, -0.2) is 5.06 Å². The summed E-state index contributed by atoms with van der Waals surface area (Å²) in [6.07, 6.45) is 5.72. The fourth-order valence-electron chi connectivity index (χ4n) is 5.98. The smallest absolute Gasteiger partial charge is 0.283 e. The standard InChI is InChI=1S/C41H63BrClNO9/c1-8-13-21-47-27-33-38(49-22-14-9-2)41(51-24-16-11-4)40(50-23-15-10-3)37(53-33)32-26-30(25-29-17-19-31(20-18-29)48-12-5)36(43)39(35(32)42)52-28-34(45)44(6)46-7/h17-20,26,33,37-38,40-41H,8-16,21-25,27-28H2,1-7H3/t33-,37?,38-,40+,41+/m1/s1. The summed E-state index contributed by atoms with van der Waals surface area (Å²) in [5.74, 6) is 0.757. The predicted octanol–water partition coefficient (Wildman–Crippen LogP) is 9.30. The number of carbonyl (C=O) groups excluding carboxylic acids is 1. The van der Waals surface area contributed by atoms with Gasteiger partial charge in [-0.15, -0.1) is 0 Å². The molecular weight excluding hydrogens is 766 g/mol. The van der Waals surface area contributed by atoms with E-state index in [1.807, 2.05) is 31.2 Å². The molecule has 0 aliphatic carbocycles. The van der Waals surface area contributed by atoms with Crippen molar-refractivity contribution in [3.63, 3.8) is 0 Å². The number of amides is 1. The monoisotopic (exact) mass is 827 g/mol. The van der Waals surface area contributed by atoms with Gasteiger partial charge in [0.2, 0.25) is 0 Å². The molecule has 0 aromatic heterocycles. The minimum Gasteiger partial charge on any atom is -0.494 e. The molecule has 1 unspecified atom stereocenters. The van der Waals surface area contributed by atoms with Crippen molar-refractivity contribution in [2.75, 3.05) is 60.4 Å². The number of benzene rings is 2. The molecule has 0 radical (unpaired) electrons. The predicted molar refractivity (Wildman–Crippen MR) is 212 cm³/mol. The van der Waals surface area contributed by atoms with E-state index in [0.717, 1.165) is 78.9 Å². The van der Waals surface area contributed by atoms with Crippen LogP contribution in [0.3, 0.4) is 0 Å². The minimum absolute atomic E-state index is 0.291. The highest BCUT2D eigenvalue weighted by atomic mass is 79.9. The minimum atomic E-state index is -0.616. The Kier molecular flexibility index (Phi) is 21.6. The molecular formula is C41H63BrClNO9. The normalized spacial score (nSPS) is 20.1. The van der Waals surface area contributed by atoms with Crippen LogP contribution in [0.15, 0.2) is 34.8 Å². The maximum atomic E-state index is 12.8. The van der Waals surface area contributed by atoms with Crippen molar-refractivity contribution in [2.24, 2.45) is 0 Å². The molecule has 1 amide bonds. The summed E-state index contributed by atoms with van der Waals surface area (Å²) >= 11 is 11.0. The fraction of sp³-hybridized carbons (Fsp3) is 0.683. The van der Waals surface area contributed by atoms with Gasteiger partial charge in [-0.2, -0.15) is 0 Å². The lowest BCUT2D eigenvalue weighted by Crippen LogP contribution is -2.58.